The molecule has 2 aromatic rings. The number of epoxide rings is 1. The topological polar surface area (TPSA) is 53.2 Å². The van der Waals surface area contributed by atoms with Crippen molar-refractivity contribution in [3.63, 3.8) is 0 Å². The Kier molecular flexibility index (Phi) is 3.81. The molecule has 2 fully saturated rings. The minimum Gasteiger partial charge on any atom is -0.371 e. The number of carbonyl (C=O) groups is 2. The highest BCUT2D eigenvalue weighted by Crippen LogP contribution is 2.43. The second-order valence-electron chi connectivity index (χ2n) is 6.34. The standard InChI is InChI=1S/C20H20N2O3/c1-2-21-18(23)20(15-9-5-3-6-10-15,16-11-7-4-8-12-16)22(19(21)24)13-17-14-25-17/h3-12,17H,2,13-14H2,1H3. The first-order valence-electron chi connectivity index (χ1n) is 8.55. The molecular formula is C20H20N2O3. The van der Waals surface area contributed by atoms with Crippen molar-refractivity contribution in [2.24, 2.45) is 0 Å². The van der Waals surface area contributed by atoms with Crippen molar-refractivity contribution in [2.45, 2.75) is 18.6 Å². The average Bonchev–Trinajstić information content (AvgIpc) is 3.44. The first-order valence-corrected chi connectivity index (χ1v) is 8.55. The fourth-order valence-electron chi connectivity index (χ4n) is 3.64. The predicted molar refractivity (Wildman–Crippen MR) is 92.9 cm³/mol. The fraction of sp³-hybridized carbons (Fsp3) is 0.300. The van der Waals surface area contributed by atoms with Crippen LogP contribution in [0.5, 0.6) is 0 Å². The molecule has 1 atom stereocenters. The van der Waals surface area contributed by atoms with Crippen LogP contribution in [-0.2, 0) is 15.1 Å². The van der Waals surface area contributed by atoms with Gasteiger partial charge in [-0.1, -0.05) is 60.7 Å². The largest absolute Gasteiger partial charge is 0.371 e. The summed E-state index contributed by atoms with van der Waals surface area (Å²) in [6, 6.07) is 18.8. The van der Waals surface area contributed by atoms with Crippen LogP contribution in [0.25, 0.3) is 0 Å². The summed E-state index contributed by atoms with van der Waals surface area (Å²) in [5.41, 5.74) is 0.467. The van der Waals surface area contributed by atoms with Crippen molar-refractivity contribution in [3.8, 4) is 0 Å². The van der Waals surface area contributed by atoms with Crippen molar-refractivity contribution >= 4 is 11.9 Å². The maximum absolute atomic E-state index is 13.5. The second kappa shape index (κ2) is 6.01. The lowest BCUT2D eigenvalue weighted by Gasteiger charge is -2.36. The number of benzene rings is 2. The number of hydrogen-bond donors (Lipinski definition) is 0. The van der Waals surface area contributed by atoms with Crippen molar-refractivity contribution in [3.05, 3.63) is 71.8 Å². The zero-order valence-electron chi connectivity index (χ0n) is 14.1. The number of hydrogen-bond acceptors (Lipinski definition) is 3. The van der Waals surface area contributed by atoms with Gasteiger partial charge in [0.25, 0.3) is 5.91 Å². The number of carbonyl (C=O) groups excluding carboxylic acids is 2. The molecule has 0 aliphatic carbocycles. The van der Waals surface area contributed by atoms with E-state index in [9.17, 15) is 9.59 Å². The van der Waals surface area contributed by atoms with Crippen LogP contribution in [0, 0.1) is 0 Å². The summed E-state index contributed by atoms with van der Waals surface area (Å²) in [5.74, 6) is -0.196. The van der Waals surface area contributed by atoms with E-state index in [-0.39, 0.29) is 18.0 Å². The SMILES string of the molecule is CCN1C(=O)N(CC2CO2)C(c2ccccc2)(c2ccccc2)C1=O. The fourth-order valence-corrected chi connectivity index (χ4v) is 3.64. The third-order valence-corrected chi connectivity index (χ3v) is 4.91. The molecule has 0 N–H and O–H groups in total. The Labute approximate surface area is 146 Å². The lowest BCUT2D eigenvalue weighted by molar-refractivity contribution is -0.131. The Morgan fingerprint density at radius 3 is 1.96 bits per heavy atom. The van der Waals surface area contributed by atoms with Crippen molar-refractivity contribution in [2.75, 3.05) is 19.7 Å². The molecule has 4 rings (SSSR count). The van der Waals surface area contributed by atoms with Gasteiger partial charge < -0.3 is 4.74 Å². The van der Waals surface area contributed by atoms with Gasteiger partial charge in [-0.2, -0.15) is 0 Å². The summed E-state index contributed by atoms with van der Waals surface area (Å²) in [4.78, 5) is 29.6. The van der Waals surface area contributed by atoms with Gasteiger partial charge in [0.2, 0.25) is 0 Å². The third kappa shape index (κ3) is 2.35. The summed E-state index contributed by atoms with van der Waals surface area (Å²) in [6.45, 7) is 3.21. The Morgan fingerprint density at radius 1 is 1.00 bits per heavy atom. The maximum atomic E-state index is 13.5. The summed E-state index contributed by atoms with van der Waals surface area (Å²) in [5, 5.41) is 0. The highest BCUT2D eigenvalue weighted by atomic mass is 16.6. The van der Waals surface area contributed by atoms with Crippen LogP contribution in [0.1, 0.15) is 18.1 Å². The average molecular weight is 336 g/mol. The molecule has 2 heterocycles. The predicted octanol–water partition coefficient (Wildman–Crippen LogP) is 2.61. The number of nitrogens with zero attached hydrogens (tertiary/aromatic N) is 2. The summed E-state index contributed by atoms with van der Waals surface area (Å²) in [6.07, 6.45) is 0.000329. The highest BCUT2D eigenvalue weighted by Gasteiger charge is 2.59. The smallest absolute Gasteiger partial charge is 0.328 e. The first-order chi connectivity index (χ1) is 12.2. The van der Waals surface area contributed by atoms with Crippen molar-refractivity contribution < 1.29 is 14.3 Å². The molecule has 128 valence electrons. The van der Waals surface area contributed by atoms with E-state index in [1.54, 1.807) is 4.90 Å². The molecule has 5 nitrogen and oxygen atoms in total. The third-order valence-electron chi connectivity index (χ3n) is 4.91. The quantitative estimate of drug-likeness (QED) is 0.623. The van der Waals surface area contributed by atoms with E-state index in [0.29, 0.717) is 19.7 Å². The van der Waals surface area contributed by atoms with Gasteiger partial charge in [-0.05, 0) is 18.1 Å². The van der Waals surface area contributed by atoms with Gasteiger partial charge in [0.15, 0.2) is 5.54 Å². The van der Waals surface area contributed by atoms with Crippen LogP contribution < -0.4 is 0 Å². The molecule has 2 aromatic carbocycles. The van der Waals surface area contributed by atoms with E-state index < -0.39 is 5.54 Å². The second-order valence-corrected chi connectivity index (χ2v) is 6.34. The lowest BCUT2D eigenvalue weighted by atomic mass is 9.81. The van der Waals surface area contributed by atoms with E-state index >= 15 is 0 Å². The normalized spacial score (nSPS) is 21.7. The number of ether oxygens (including phenoxy) is 1. The van der Waals surface area contributed by atoms with Crippen molar-refractivity contribution in [1.29, 1.82) is 0 Å². The van der Waals surface area contributed by atoms with Crippen LogP contribution in [0.15, 0.2) is 60.7 Å². The number of urea groups is 1. The molecule has 25 heavy (non-hydrogen) atoms. The Hall–Kier alpha value is -2.66. The molecule has 0 radical (unpaired) electrons. The zero-order valence-corrected chi connectivity index (χ0v) is 14.1. The molecule has 2 aliphatic rings. The minimum atomic E-state index is -1.14. The molecule has 2 aliphatic heterocycles. The number of rotatable bonds is 5. The van der Waals surface area contributed by atoms with Crippen LogP contribution in [-0.4, -0.2) is 47.5 Å². The number of amides is 3. The van der Waals surface area contributed by atoms with Gasteiger partial charge >= 0.3 is 6.03 Å². The van der Waals surface area contributed by atoms with E-state index in [2.05, 4.69) is 0 Å². The van der Waals surface area contributed by atoms with Gasteiger partial charge in [-0.3, -0.25) is 14.6 Å². The van der Waals surface area contributed by atoms with Gasteiger partial charge in [0.1, 0.15) is 0 Å². The molecule has 2 saturated heterocycles. The Balaban J connectivity index is 1.96. The molecule has 0 bridgehead atoms. The molecule has 0 spiro atoms. The lowest BCUT2D eigenvalue weighted by Crippen LogP contribution is -2.49. The Morgan fingerprint density at radius 2 is 1.52 bits per heavy atom. The summed E-state index contributed by atoms with van der Waals surface area (Å²) < 4.78 is 5.36. The van der Waals surface area contributed by atoms with Crippen LogP contribution in [0.4, 0.5) is 4.79 Å². The van der Waals surface area contributed by atoms with Gasteiger partial charge in [-0.15, -0.1) is 0 Å². The van der Waals surface area contributed by atoms with Gasteiger partial charge in [0.05, 0.1) is 19.3 Å². The number of likely N-dealkylation sites (N-methyl/N-ethyl adjacent to an activating group) is 1. The molecule has 1 unspecified atom stereocenters. The van der Waals surface area contributed by atoms with Crippen LogP contribution >= 0.6 is 0 Å². The van der Waals surface area contributed by atoms with Gasteiger partial charge in [0, 0.05) is 6.54 Å². The number of imide groups is 1. The van der Waals surface area contributed by atoms with Crippen molar-refractivity contribution in [1.82, 2.24) is 9.80 Å². The summed E-state index contributed by atoms with van der Waals surface area (Å²) >= 11 is 0. The summed E-state index contributed by atoms with van der Waals surface area (Å²) in [7, 11) is 0. The minimum absolute atomic E-state index is 0.000329. The monoisotopic (exact) mass is 336 g/mol. The maximum Gasteiger partial charge on any atom is 0.328 e. The molecule has 3 amide bonds. The molecule has 5 heteroatoms. The van der Waals surface area contributed by atoms with E-state index in [4.69, 9.17) is 4.74 Å². The van der Waals surface area contributed by atoms with E-state index in [0.717, 1.165) is 11.1 Å². The van der Waals surface area contributed by atoms with Gasteiger partial charge in [-0.25, -0.2) is 4.79 Å². The van der Waals surface area contributed by atoms with Crippen LogP contribution in [0.2, 0.25) is 0 Å². The molecule has 0 aromatic heterocycles. The molecule has 0 saturated carbocycles. The highest BCUT2D eigenvalue weighted by molar-refractivity contribution is 6.09. The molecular weight excluding hydrogens is 316 g/mol. The Bertz CT molecular complexity index is 748. The van der Waals surface area contributed by atoms with Crippen LogP contribution in [0.3, 0.4) is 0 Å². The zero-order chi connectivity index (χ0) is 17.4. The van der Waals surface area contributed by atoms with E-state index in [1.807, 2.05) is 67.6 Å². The first kappa shape index (κ1) is 15.8. The van der Waals surface area contributed by atoms with E-state index in [1.165, 1.54) is 4.90 Å².